The van der Waals surface area contributed by atoms with Gasteiger partial charge in [-0.25, -0.2) is 4.79 Å². The predicted molar refractivity (Wildman–Crippen MR) is 54.9 cm³/mol. The highest BCUT2D eigenvalue weighted by molar-refractivity contribution is 5.89. The van der Waals surface area contributed by atoms with Gasteiger partial charge in [-0.3, -0.25) is 0 Å². The highest BCUT2D eigenvalue weighted by atomic mass is 16.5. The molecule has 2 rings (SSSR count). The van der Waals surface area contributed by atoms with Crippen LogP contribution >= 0.6 is 0 Å². The van der Waals surface area contributed by atoms with Crippen LogP contribution in [0.4, 0.5) is 0 Å². The predicted octanol–water partition coefficient (Wildman–Crippen LogP) is 0.201. The molecule has 0 saturated heterocycles. The number of fused-ring (bicyclic) bond motifs is 1. The van der Waals surface area contributed by atoms with Crippen LogP contribution in [0.1, 0.15) is 6.42 Å². The molecule has 0 unspecified atom stereocenters. The first-order valence-corrected chi connectivity index (χ1v) is 5.09. The van der Waals surface area contributed by atoms with Crippen molar-refractivity contribution in [2.75, 3.05) is 20.3 Å². The van der Waals surface area contributed by atoms with Crippen molar-refractivity contribution in [3.05, 3.63) is 23.4 Å². The number of methoxy groups -OCH3 is 1. The number of hydrogen-bond acceptors (Lipinski definition) is 4. The zero-order valence-electron chi connectivity index (χ0n) is 8.69. The van der Waals surface area contributed by atoms with Crippen LogP contribution in [0.2, 0.25) is 0 Å². The number of aliphatic hydroxyl groups excluding tert-OH is 1. The van der Waals surface area contributed by atoms with Gasteiger partial charge in [-0.15, -0.1) is 0 Å². The Balaban J connectivity index is 2.18. The first-order valence-electron chi connectivity index (χ1n) is 5.09. The van der Waals surface area contributed by atoms with Crippen LogP contribution < -0.4 is 5.32 Å². The second-order valence-corrected chi connectivity index (χ2v) is 3.89. The summed E-state index contributed by atoms with van der Waals surface area (Å²) in [6.07, 6.45) is 4.59. The number of esters is 1. The Kier molecular flexibility index (Phi) is 2.77. The molecular formula is C11H15NO3. The number of nitrogens with one attached hydrogen (secondary N) is 1. The minimum Gasteiger partial charge on any atom is -0.466 e. The molecule has 0 aromatic heterocycles. The summed E-state index contributed by atoms with van der Waals surface area (Å²) >= 11 is 0. The fourth-order valence-electron chi connectivity index (χ4n) is 2.38. The van der Waals surface area contributed by atoms with Crippen molar-refractivity contribution in [2.24, 2.45) is 11.8 Å². The molecule has 82 valence electrons. The molecule has 2 atom stereocenters. The Morgan fingerprint density at radius 3 is 3.13 bits per heavy atom. The van der Waals surface area contributed by atoms with Crippen LogP contribution in [0.25, 0.3) is 0 Å². The van der Waals surface area contributed by atoms with E-state index in [9.17, 15) is 4.79 Å². The fraction of sp³-hybridized carbons (Fsp3) is 0.545. The average molecular weight is 209 g/mol. The van der Waals surface area contributed by atoms with Gasteiger partial charge >= 0.3 is 5.97 Å². The summed E-state index contributed by atoms with van der Waals surface area (Å²) in [4.78, 5) is 11.5. The van der Waals surface area contributed by atoms with Crippen molar-refractivity contribution in [1.29, 1.82) is 0 Å². The van der Waals surface area contributed by atoms with E-state index in [1.807, 2.05) is 6.08 Å². The highest BCUT2D eigenvalue weighted by Gasteiger charge is 2.36. The third-order valence-corrected chi connectivity index (χ3v) is 3.19. The smallest absolute Gasteiger partial charge is 0.335 e. The first kappa shape index (κ1) is 10.2. The third kappa shape index (κ3) is 1.65. The van der Waals surface area contributed by atoms with Crippen LogP contribution in [0, 0.1) is 11.8 Å². The normalized spacial score (nSPS) is 28.7. The zero-order chi connectivity index (χ0) is 10.8. The number of carbonyl (C=O) groups excluding carboxylic acids is 1. The standard InChI is InChI=1S/C11H15NO3/c1-15-11(14)10-5-12-4-9-7(6-13)2-3-8(9)10/h2,5,8-9,12-13H,3-4,6H2,1H3/t8-,9+/m0/s1. The fourth-order valence-corrected chi connectivity index (χ4v) is 2.38. The van der Waals surface area contributed by atoms with E-state index in [2.05, 4.69) is 5.32 Å². The van der Waals surface area contributed by atoms with Crippen molar-refractivity contribution in [2.45, 2.75) is 6.42 Å². The van der Waals surface area contributed by atoms with Crippen molar-refractivity contribution < 1.29 is 14.6 Å². The number of carbonyl (C=O) groups is 1. The molecular weight excluding hydrogens is 194 g/mol. The molecule has 0 aromatic rings. The molecule has 4 heteroatoms. The molecule has 2 N–H and O–H groups in total. The maximum atomic E-state index is 11.5. The van der Waals surface area contributed by atoms with Gasteiger partial charge in [0.15, 0.2) is 0 Å². The Labute approximate surface area is 88.6 Å². The van der Waals surface area contributed by atoms with Crippen molar-refractivity contribution in [3.8, 4) is 0 Å². The van der Waals surface area contributed by atoms with E-state index in [1.165, 1.54) is 7.11 Å². The van der Waals surface area contributed by atoms with Gasteiger partial charge in [0.25, 0.3) is 0 Å². The Morgan fingerprint density at radius 2 is 2.47 bits per heavy atom. The maximum Gasteiger partial charge on any atom is 0.335 e. The molecule has 1 aliphatic carbocycles. The Morgan fingerprint density at radius 1 is 1.67 bits per heavy atom. The van der Waals surface area contributed by atoms with E-state index in [1.54, 1.807) is 6.20 Å². The van der Waals surface area contributed by atoms with Gasteiger partial charge in [0.05, 0.1) is 19.3 Å². The monoisotopic (exact) mass is 209 g/mol. The van der Waals surface area contributed by atoms with Gasteiger partial charge < -0.3 is 15.2 Å². The molecule has 4 nitrogen and oxygen atoms in total. The summed E-state index contributed by atoms with van der Waals surface area (Å²) in [5, 5.41) is 12.2. The third-order valence-electron chi connectivity index (χ3n) is 3.19. The van der Waals surface area contributed by atoms with Gasteiger partial charge in [0.2, 0.25) is 0 Å². The lowest BCUT2D eigenvalue weighted by Gasteiger charge is -2.28. The SMILES string of the molecule is COC(=O)C1=CNC[C@@H]2C(CO)=CC[C@H]12. The van der Waals surface area contributed by atoms with Gasteiger partial charge in [0, 0.05) is 24.6 Å². The lowest BCUT2D eigenvalue weighted by atomic mass is 9.83. The van der Waals surface area contributed by atoms with Crippen LogP contribution in [-0.2, 0) is 9.53 Å². The van der Waals surface area contributed by atoms with Gasteiger partial charge in [-0.05, 0) is 12.0 Å². The lowest BCUT2D eigenvalue weighted by Crippen LogP contribution is -2.34. The number of hydrogen-bond donors (Lipinski definition) is 2. The quantitative estimate of drug-likeness (QED) is 0.504. The van der Waals surface area contributed by atoms with E-state index in [4.69, 9.17) is 9.84 Å². The van der Waals surface area contributed by atoms with Crippen molar-refractivity contribution >= 4 is 5.97 Å². The molecule has 15 heavy (non-hydrogen) atoms. The summed E-state index contributed by atoms with van der Waals surface area (Å²) in [5.74, 6) is 0.153. The summed E-state index contributed by atoms with van der Waals surface area (Å²) in [6.45, 7) is 0.870. The van der Waals surface area contributed by atoms with Gasteiger partial charge in [-0.2, -0.15) is 0 Å². The number of aliphatic hydroxyl groups is 1. The molecule has 0 amide bonds. The van der Waals surface area contributed by atoms with Gasteiger partial charge in [-0.1, -0.05) is 6.08 Å². The van der Waals surface area contributed by atoms with E-state index >= 15 is 0 Å². The van der Waals surface area contributed by atoms with Crippen LogP contribution in [0.5, 0.6) is 0 Å². The van der Waals surface area contributed by atoms with Crippen LogP contribution in [-0.4, -0.2) is 31.3 Å². The van der Waals surface area contributed by atoms with Crippen molar-refractivity contribution in [1.82, 2.24) is 5.32 Å². The van der Waals surface area contributed by atoms with Crippen molar-refractivity contribution in [3.63, 3.8) is 0 Å². The van der Waals surface area contributed by atoms with Crippen LogP contribution in [0.15, 0.2) is 23.4 Å². The summed E-state index contributed by atoms with van der Waals surface area (Å²) in [5.41, 5.74) is 1.72. The molecule has 0 aromatic carbocycles. The maximum absolute atomic E-state index is 11.5. The number of rotatable bonds is 2. The molecule has 0 spiro atoms. The molecule has 1 aliphatic heterocycles. The van der Waals surface area contributed by atoms with E-state index in [0.717, 1.165) is 18.5 Å². The molecule has 1 heterocycles. The molecule has 2 aliphatic rings. The van der Waals surface area contributed by atoms with Crippen LogP contribution in [0.3, 0.4) is 0 Å². The summed E-state index contributed by atoms with van der Waals surface area (Å²) < 4.78 is 4.73. The number of allylic oxidation sites excluding steroid dienone is 1. The minimum atomic E-state index is -0.273. The van der Waals surface area contributed by atoms with E-state index in [0.29, 0.717) is 5.57 Å². The second kappa shape index (κ2) is 4.06. The largest absolute Gasteiger partial charge is 0.466 e. The van der Waals surface area contributed by atoms with E-state index < -0.39 is 0 Å². The van der Waals surface area contributed by atoms with E-state index in [-0.39, 0.29) is 24.4 Å². The number of ether oxygens (including phenoxy) is 1. The second-order valence-electron chi connectivity index (χ2n) is 3.89. The summed E-state index contributed by atoms with van der Waals surface area (Å²) in [7, 11) is 1.39. The lowest BCUT2D eigenvalue weighted by molar-refractivity contribution is -0.137. The molecule has 0 bridgehead atoms. The molecule has 0 radical (unpaired) electrons. The summed E-state index contributed by atoms with van der Waals surface area (Å²) in [6, 6.07) is 0. The Hall–Kier alpha value is -1.29. The minimum absolute atomic E-state index is 0.0807. The molecule has 0 fully saturated rings. The Bertz CT molecular complexity index is 333. The highest BCUT2D eigenvalue weighted by Crippen LogP contribution is 2.38. The molecule has 0 saturated carbocycles. The average Bonchev–Trinajstić information content (AvgIpc) is 2.70. The zero-order valence-corrected chi connectivity index (χ0v) is 8.69. The first-order chi connectivity index (χ1) is 7.27. The topological polar surface area (TPSA) is 58.6 Å². The van der Waals surface area contributed by atoms with Gasteiger partial charge in [0.1, 0.15) is 0 Å².